The van der Waals surface area contributed by atoms with E-state index in [0.717, 1.165) is 32.1 Å². The first kappa shape index (κ1) is 14.0. The van der Waals surface area contributed by atoms with Gasteiger partial charge >= 0.3 is 0 Å². The Labute approximate surface area is 107 Å². The second-order valence-corrected chi connectivity index (χ2v) is 4.48. The minimum absolute atomic E-state index is 1.12. The predicted molar refractivity (Wildman–Crippen MR) is 78.1 cm³/mol. The summed E-state index contributed by atoms with van der Waals surface area (Å²) in [7, 11) is 0. The van der Waals surface area contributed by atoms with Gasteiger partial charge in [0.1, 0.15) is 0 Å². The van der Waals surface area contributed by atoms with E-state index >= 15 is 0 Å². The van der Waals surface area contributed by atoms with Gasteiger partial charge in [-0.3, -0.25) is 0 Å². The summed E-state index contributed by atoms with van der Waals surface area (Å²) >= 11 is 0. The smallest absolute Gasteiger partial charge is 0.00915 e. The highest BCUT2D eigenvalue weighted by molar-refractivity contribution is 5.48. The van der Waals surface area contributed by atoms with Gasteiger partial charge in [0.05, 0.1) is 0 Å². The van der Waals surface area contributed by atoms with E-state index in [1.165, 1.54) is 5.57 Å². The summed E-state index contributed by atoms with van der Waals surface area (Å²) in [6, 6.07) is 0. The molecule has 0 heterocycles. The van der Waals surface area contributed by atoms with E-state index in [2.05, 4.69) is 52.0 Å². The molecular formula is C17H26. The van der Waals surface area contributed by atoms with Crippen LogP contribution in [0.25, 0.3) is 0 Å². The van der Waals surface area contributed by atoms with Crippen molar-refractivity contribution in [3.8, 4) is 0 Å². The molecule has 0 aliphatic heterocycles. The number of rotatable bonds is 6. The Bertz CT molecular complexity index is 361. The summed E-state index contributed by atoms with van der Waals surface area (Å²) in [4.78, 5) is 0. The summed E-state index contributed by atoms with van der Waals surface area (Å²) in [5.41, 5.74) is 6.25. The minimum atomic E-state index is 1.12. The molecule has 0 saturated heterocycles. The molecular weight excluding hydrogens is 204 g/mol. The minimum Gasteiger partial charge on any atom is -0.0813 e. The van der Waals surface area contributed by atoms with E-state index in [9.17, 15) is 0 Å². The third kappa shape index (κ3) is 3.46. The molecule has 17 heavy (non-hydrogen) atoms. The van der Waals surface area contributed by atoms with Gasteiger partial charge in [0.2, 0.25) is 0 Å². The predicted octanol–water partition coefficient (Wildman–Crippen LogP) is 5.74. The molecule has 1 aliphatic rings. The average molecular weight is 230 g/mol. The standard InChI is InChI=1S/C17H26/c1-5-11-14(6-2)16(7-3)17(8-4)15-12-9-10-13-15/h9-12H,5-8,13H2,1-4H3/b14-11+,17-16-. The fourth-order valence-corrected chi connectivity index (χ4v) is 2.67. The first-order chi connectivity index (χ1) is 8.28. The summed E-state index contributed by atoms with van der Waals surface area (Å²) in [5, 5.41) is 0. The van der Waals surface area contributed by atoms with Crippen molar-refractivity contribution in [2.75, 3.05) is 0 Å². The number of hydrogen-bond acceptors (Lipinski definition) is 0. The van der Waals surface area contributed by atoms with E-state index in [4.69, 9.17) is 0 Å². The van der Waals surface area contributed by atoms with Crippen LogP contribution in [0.1, 0.15) is 59.8 Å². The van der Waals surface area contributed by atoms with E-state index in [-0.39, 0.29) is 0 Å². The van der Waals surface area contributed by atoms with Gasteiger partial charge in [-0.2, -0.15) is 0 Å². The summed E-state index contributed by atoms with van der Waals surface area (Å²) < 4.78 is 0. The van der Waals surface area contributed by atoms with Crippen LogP contribution >= 0.6 is 0 Å². The molecule has 0 aromatic rings. The average Bonchev–Trinajstić information content (AvgIpc) is 2.87. The molecule has 0 aromatic carbocycles. The molecule has 0 nitrogen and oxygen atoms in total. The molecule has 1 rings (SSSR count). The van der Waals surface area contributed by atoms with Crippen LogP contribution in [0.2, 0.25) is 0 Å². The van der Waals surface area contributed by atoms with Crippen LogP contribution in [-0.2, 0) is 0 Å². The zero-order valence-corrected chi connectivity index (χ0v) is 11.8. The lowest BCUT2D eigenvalue weighted by molar-refractivity contribution is 0.944. The normalized spacial score (nSPS) is 17.2. The van der Waals surface area contributed by atoms with E-state index < -0.39 is 0 Å². The van der Waals surface area contributed by atoms with Gasteiger partial charge in [0.25, 0.3) is 0 Å². The second-order valence-electron chi connectivity index (χ2n) is 4.48. The van der Waals surface area contributed by atoms with Gasteiger partial charge in [-0.1, -0.05) is 52.0 Å². The molecule has 1 aliphatic carbocycles. The van der Waals surface area contributed by atoms with E-state index in [1.807, 2.05) is 0 Å². The van der Waals surface area contributed by atoms with Crippen LogP contribution in [0.3, 0.4) is 0 Å². The first-order valence-corrected chi connectivity index (χ1v) is 7.05. The number of allylic oxidation sites excluding steroid dienone is 8. The maximum atomic E-state index is 2.40. The monoisotopic (exact) mass is 230 g/mol. The van der Waals surface area contributed by atoms with Crippen LogP contribution in [0.15, 0.2) is 46.6 Å². The van der Waals surface area contributed by atoms with Crippen molar-refractivity contribution in [2.24, 2.45) is 0 Å². The van der Waals surface area contributed by atoms with Crippen molar-refractivity contribution in [2.45, 2.75) is 59.8 Å². The van der Waals surface area contributed by atoms with Crippen molar-refractivity contribution in [3.05, 3.63) is 46.6 Å². The van der Waals surface area contributed by atoms with Crippen molar-refractivity contribution < 1.29 is 0 Å². The molecule has 0 N–H and O–H groups in total. The highest BCUT2D eigenvalue weighted by Gasteiger charge is 2.12. The maximum Gasteiger partial charge on any atom is -0.00915 e. The van der Waals surface area contributed by atoms with Crippen LogP contribution in [0.4, 0.5) is 0 Å². The van der Waals surface area contributed by atoms with E-state index in [0.29, 0.717) is 0 Å². The fourth-order valence-electron chi connectivity index (χ4n) is 2.67. The van der Waals surface area contributed by atoms with Crippen molar-refractivity contribution in [1.82, 2.24) is 0 Å². The molecule has 0 heteroatoms. The maximum absolute atomic E-state index is 2.40. The van der Waals surface area contributed by atoms with Gasteiger partial charge < -0.3 is 0 Å². The zero-order chi connectivity index (χ0) is 12.7. The highest BCUT2D eigenvalue weighted by atomic mass is 14.2. The largest absolute Gasteiger partial charge is 0.0813 e. The lowest BCUT2D eigenvalue weighted by atomic mass is 9.89. The first-order valence-electron chi connectivity index (χ1n) is 7.05. The SMILES string of the molecule is CC/C=C(CC)/C(CC)=C(/CC)C1=CC=CC1. The summed E-state index contributed by atoms with van der Waals surface area (Å²) in [5.74, 6) is 0. The quantitative estimate of drug-likeness (QED) is 0.511. The van der Waals surface area contributed by atoms with Gasteiger partial charge in [-0.15, -0.1) is 0 Å². The Hall–Kier alpha value is -1.04. The fraction of sp³-hybridized carbons (Fsp3) is 0.529. The Morgan fingerprint density at radius 1 is 1.12 bits per heavy atom. The lowest BCUT2D eigenvalue weighted by Gasteiger charge is -2.17. The molecule has 94 valence electrons. The van der Waals surface area contributed by atoms with Gasteiger partial charge in [-0.25, -0.2) is 0 Å². The van der Waals surface area contributed by atoms with Crippen molar-refractivity contribution in [1.29, 1.82) is 0 Å². The highest BCUT2D eigenvalue weighted by Crippen LogP contribution is 2.31. The Morgan fingerprint density at radius 2 is 1.88 bits per heavy atom. The Balaban J connectivity index is 3.13. The molecule has 0 aromatic heterocycles. The van der Waals surface area contributed by atoms with Crippen molar-refractivity contribution in [3.63, 3.8) is 0 Å². The second kappa shape index (κ2) is 7.32. The van der Waals surface area contributed by atoms with Crippen LogP contribution in [0.5, 0.6) is 0 Å². The van der Waals surface area contributed by atoms with Crippen molar-refractivity contribution >= 4 is 0 Å². The molecule has 0 bridgehead atoms. The van der Waals surface area contributed by atoms with Gasteiger partial charge in [-0.05, 0) is 54.4 Å². The number of hydrogen-bond donors (Lipinski definition) is 0. The lowest BCUT2D eigenvalue weighted by Crippen LogP contribution is -1.97. The Morgan fingerprint density at radius 3 is 2.29 bits per heavy atom. The summed E-state index contributed by atoms with van der Waals surface area (Å²) in [6.07, 6.45) is 14.8. The molecule has 0 fully saturated rings. The topological polar surface area (TPSA) is 0 Å². The van der Waals surface area contributed by atoms with Crippen LogP contribution in [-0.4, -0.2) is 0 Å². The van der Waals surface area contributed by atoms with Crippen LogP contribution < -0.4 is 0 Å². The summed E-state index contributed by atoms with van der Waals surface area (Å²) in [6.45, 7) is 9.06. The van der Waals surface area contributed by atoms with Gasteiger partial charge in [0, 0.05) is 0 Å². The van der Waals surface area contributed by atoms with Crippen LogP contribution in [0, 0.1) is 0 Å². The third-order valence-electron chi connectivity index (χ3n) is 3.45. The molecule has 0 amide bonds. The molecule has 0 unspecified atom stereocenters. The Kier molecular flexibility index (Phi) is 6.04. The van der Waals surface area contributed by atoms with Gasteiger partial charge in [0.15, 0.2) is 0 Å². The molecule has 0 atom stereocenters. The molecule has 0 spiro atoms. The third-order valence-corrected chi connectivity index (χ3v) is 3.45. The molecule has 0 saturated carbocycles. The van der Waals surface area contributed by atoms with E-state index in [1.54, 1.807) is 16.7 Å². The zero-order valence-electron chi connectivity index (χ0n) is 11.8. The molecule has 0 radical (unpaired) electrons.